The lowest BCUT2D eigenvalue weighted by atomic mass is 10.1. The summed E-state index contributed by atoms with van der Waals surface area (Å²) in [6.07, 6.45) is 0. The van der Waals surface area contributed by atoms with E-state index in [2.05, 4.69) is 0 Å². The molecule has 1 amide bonds. The minimum Gasteiger partial charge on any atom is -0.493 e. The molecule has 1 aromatic heterocycles. The molecule has 0 spiro atoms. The molecule has 0 radical (unpaired) electrons. The average Bonchev–Trinajstić information content (AvgIpc) is 2.80. The van der Waals surface area contributed by atoms with Crippen LogP contribution in [-0.4, -0.2) is 20.1 Å². The van der Waals surface area contributed by atoms with E-state index >= 15 is 0 Å². The van der Waals surface area contributed by atoms with Gasteiger partial charge in [-0.05, 0) is 29.8 Å². The van der Waals surface area contributed by atoms with Gasteiger partial charge in [0.2, 0.25) is 0 Å². The third-order valence-electron chi connectivity index (χ3n) is 2.69. The van der Waals surface area contributed by atoms with Crippen LogP contribution in [0.3, 0.4) is 0 Å². The smallest absolute Gasteiger partial charge is 0.251 e. The Bertz CT molecular complexity index is 622. The second-order valence-electron chi connectivity index (χ2n) is 3.82. The Hall–Kier alpha value is -2.21. The van der Waals surface area contributed by atoms with E-state index in [0.717, 1.165) is 10.4 Å². The number of primary amides is 1. The summed E-state index contributed by atoms with van der Waals surface area (Å²) in [4.78, 5) is 12.0. The second-order valence-corrected chi connectivity index (χ2v) is 4.91. The molecule has 0 fully saturated rings. The molecule has 0 atom stereocenters. The van der Waals surface area contributed by atoms with Crippen molar-refractivity contribution in [2.24, 2.45) is 5.73 Å². The van der Waals surface area contributed by atoms with Crippen molar-refractivity contribution in [3.63, 3.8) is 0 Å². The molecule has 6 heteroatoms. The number of nitrogen functional groups attached to an aromatic ring is 1. The summed E-state index contributed by atoms with van der Waals surface area (Å²) in [6.45, 7) is 0. The number of ether oxygens (including phenoxy) is 2. The Morgan fingerprint density at radius 1 is 1.16 bits per heavy atom. The highest BCUT2D eigenvalue weighted by Crippen LogP contribution is 2.37. The molecule has 5 nitrogen and oxygen atoms in total. The number of anilines is 1. The standard InChI is InChI=1S/C13H14N2O3S/c1-17-9-4-3-7(5-10(9)18-2)11-6-8(12(14)16)13(15)19-11/h3-6H,15H2,1-2H3,(H2,14,16). The number of hydrogen-bond donors (Lipinski definition) is 2. The van der Waals surface area contributed by atoms with E-state index in [1.807, 2.05) is 12.1 Å². The molecule has 0 unspecified atom stereocenters. The fourth-order valence-corrected chi connectivity index (χ4v) is 2.66. The summed E-state index contributed by atoms with van der Waals surface area (Å²) in [7, 11) is 3.14. The number of methoxy groups -OCH3 is 2. The Morgan fingerprint density at radius 2 is 1.84 bits per heavy atom. The summed E-state index contributed by atoms with van der Waals surface area (Å²) in [5, 5.41) is 0.414. The van der Waals surface area contributed by atoms with E-state index in [1.165, 1.54) is 11.3 Å². The van der Waals surface area contributed by atoms with Crippen molar-refractivity contribution < 1.29 is 14.3 Å². The Labute approximate surface area is 114 Å². The molecular weight excluding hydrogens is 264 g/mol. The first kappa shape index (κ1) is 13.2. The van der Waals surface area contributed by atoms with E-state index in [-0.39, 0.29) is 0 Å². The lowest BCUT2D eigenvalue weighted by Crippen LogP contribution is -2.11. The first-order valence-corrected chi connectivity index (χ1v) is 6.30. The van der Waals surface area contributed by atoms with Crippen LogP contribution >= 0.6 is 11.3 Å². The molecule has 1 aromatic carbocycles. The lowest BCUT2D eigenvalue weighted by molar-refractivity contribution is 0.100. The first-order chi connectivity index (χ1) is 9.06. The van der Waals surface area contributed by atoms with Gasteiger partial charge in [-0.3, -0.25) is 4.79 Å². The highest BCUT2D eigenvalue weighted by atomic mass is 32.1. The Balaban J connectivity index is 2.47. The number of amides is 1. The van der Waals surface area contributed by atoms with Crippen LogP contribution in [0.25, 0.3) is 10.4 Å². The fraction of sp³-hybridized carbons (Fsp3) is 0.154. The van der Waals surface area contributed by atoms with Gasteiger partial charge in [0, 0.05) is 4.88 Å². The van der Waals surface area contributed by atoms with Gasteiger partial charge in [-0.15, -0.1) is 11.3 Å². The third-order valence-corrected chi connectivity index (χ3v) is 3.71. The highest BCUT2D eigenvalue weighted by Gasteiger charge is 2.14. The summed E-state index contributed by atoms with van der Waals surface area (Å²) in [5.41, 5.74) is 12.3. The van der Waals surface area contributed by atoms with Gasteiger partial charge in [0.15, 0.2) is 11.5 Å². The largest absolute Gasteiger partial charge is 0.493 e. The van der Waals surface area contributed by atoms with Crippen molar-refractivity contribution in [2.45, 2.75) is 0 Å². The van der Waals surface area contributed by atoms with Gasteiger partial charge in [0.25, 0.3) is 5.91 Å². The zero-order chi connectivity index (χ0) is 14.0. The molecule has 1 heterocycles. The van der Waals surface area contributed by atoms with E-state index in [1.54, 1.807) is 26.4 Å². The van der Waals surface area contributed by atoms with Crippen LogP contribution in [0.5, 0.6) is 11.5 Å². The maximum Gasteiger partial charge on any atom is 0.251 e. The van der Waals surface area contributed by atoms with E-state index in [0.29, 0.717) is 22.1 Å². The topological polar surface area (TPSA) is 87.6 Å². The van der Waals surface area contributed by atoms with Gasteiger partial charge in [-0.2, -0.15) is 0 Å². The van der Waals surface area contributed by atoms with Crippen LogP contribution in [0.2, 0.25) is 0 Å². The molecule has 0 aliphatic heterocycles. The van der Waals surface area contributed by atoms with Gasteiger partial charge in [0.05, 0.1) is 24.8 Å². The van der Waals surface area contributed by atoms with Crippen LogP contribution in [0, 0.1) is 0 Å². The average molecular weight is 278 g/mol. The second kappa shape index (κ2) is 5.19. The number of nitrogens with two attached hydrogens (primary N) is 2. The predicted molar refractivity (Wildman–Crippen MR) is 75.8 cm³/mol. The van der Waals surface area contributed by atoms with Crippen molar-refractivity contribution in [1.29, 1.82) is 0 Å². The zero-order valence-corrected chi connectivity index (χ0v) is 11.4. The van der Waals surface area contributed by atoms with E-state index in [4.69, 9.17) is 20.9 Å². The van der Waals surface area contributed by atoms with E-state index in [9.17, 15) is 4.79 Å². The maximum absolute atomic E-state index is 11.2. The zero-order valence-electron chi connectivity index (χ0n) is 10.6. The molecule has 4 N–H and O–H groups in total. The highest BCUT2D eigenvalue weighted by molar-refractivity contribution is 7.19. The van der Waals surface area contributed by atoms with Crippen molar-refractivity contribution >= 4 is 22.2 Å². The molecule has 0 saturated carbocycles. The number of thiophene rings is 1. The molecule has 19 heavy (non-hydrogen) atoms. The van der Waals surface area contributed by atoms with Crippen molar-refractivity contribution in [3.8, 4) is 21.9 Å². The summed E-state index contributed by atoms with van der Waals surface area (Å²) in [6, 6.07) is 7.18. The van der Waals surface area contributed by atoms with Crippen LogP contribution < -0.4 is 20.9 Å². The van der Waals surface area contributed by atoms with E-state index < -0.39 is 5.91 Å². The SMILES string of the molecule is COc1ccc(-c2cc(C(N)=O)c(N)s2)cc1OC. The lowest BCUT2D eigenvalue weighted by Gasteiger charge is -2.08. The molecular formula is C13H14N2O3S. The monoisotopic (exact) mass is 278 g/mol. The summed E-state index contributed by atoms with van der Waals surface area (Å²) >= 11 is 1.31. The van der Waals surface area contributed by atoms with Gasteiger partial charge in [0.1, 0.15) is 0 Å². The van der Waals surface area contributed by atoms with Gasteiger partial charge in [-0.25, -0.2) is 0 Å². The van der Waals surface area contributed by atoms with Crippen LogP contribution in [0.1, 0.15) is 10.4 Å². The van der Waals surface area contributed by atoms with Crippen LogP contribution in [-0.2, 0) is 0 Å². The number of carbonyl (C=O) groups excluding carboxylic acids is 1. The molecule has 100 valence electrons. The summed E-state index contributed by atoms with van der Waals surface area (Å²) in [5.74, 6) is 0.735. The Morgan fingerprint density at radius 3 is 2.37 bits per heavy atom. The number of carbonyl (C=O) groups is 1. The third kappa shape index (κ3) is 2.48. The van der Waals surface area contributed by atoms with Crippen molar-refractivity contribution in [2.75, 3.05) is 20.0 Å². The molecule has 0 aliphatic rings. The molecule has 2 rings (SSSR count). The molecule has 0 bridgehead atoms. The van der Waals surface area contributed by atoms with Crippen molar-refractivity contribution in [1.82, 2.24) is 0 Å². The number of benzene rings is 1. The predicted octanol–water partition coefficient (Wildman–Crippen LogP) is 2.11. The van der Waals surface area contributed by atoms with Gasteiger partial charge >= 0.3 is 0 Å². The molecule has 2 aromatic rings. The quantitative estimate of drug-likeness (QED) is 0.896. The number of hydrogen-bond acceptors (Lipinski definition) is 5. The molecule has 0 aliphatic carbocycles. The summed E-state index contributed by atoms with van der Waals surface area (Å²) < 4.78 is 10.4. The number of rotatable bonds is 4. The van der Waals surface area contributed by atoms with Gasteiger partial charge < -0.3 is 20.9 Å². The minimum atomic E-state index is -0.527. The van der Waals surface area contributed by atoms with Crippen molar-refractivity contribution in [3.05, 3.63) is 29.8 Å². The fourth-order valence-electron chi connectivity index (χ4n) is 1.73. The normalized spacial score (nSPS) is 10.2. The Kier molecular flexibility index (Phi) is 3.62. The van der Waals surface area contributed by atoms with Crippen LogP contribution in [0.4, 0.5) is 5.00 Å². The first-order valence-electron chi connectivity index (χ1n) is 5.48. The minimum absolute atomic E-state index is 0.342. The van der Waals surface area contributed by atoms with Gasteiger partial charge in [-0.1, -0.05) is 0 Å². The molecule has 0 saturated heterocycles. The maximum atomic E-state index is 11.2. The van der Waals surface area contributed by atoms with Crippen LogP contribution in [0.15, 0.2) is 24.3 Å².